The Hall–Kier alpha value is -0.770. The number of hydrogen-bond acceptors (Lipinski definition) is 1. The zero-order valence-corrected chi connectivity index (χ0v) is 8.94. The molecule has 0 aliphatic carbocycles. The molecule has 1 heterocycles. The van der Waals surface area contributed by atoms with Gasteiger partial charge < -0.3 is 0 Å². The lowest BCUT2D eigenvalue weighted by Gasteiger charge is -2.12. The van der Waals surface area contributed by atoms with Crippen LogP contribution >= 0.6 is 11.6 Å². The minimum absolute atomic E-state index is 0.133. The Morgan fingerprint density at radius 3 is 2.67 bits per heavy atom. The first kappa shape index (κ1) is 12.3. The van der Waals surface area contributed by atoms with Crippen molar-refractivity contribution >= 4 is 11.6 Å². The van der Waals surface area contributed by atoms with Crippen LogP contribution in [0.4, 0.5) is 13.2 Å². The van der Waals surface area contributed by atoms with E-state index in [0.717, 1.165) is 12.3 Å². The van der Waals surface area contributed by atoms with Crippen molar-refractivity contribution in [1.29, 1.82) is 0 Å². The molecule has 0 bridgehead atoms. The quantitative estimate of drug-likeness (QED) is 0.731. The van der Waals surface area contributed by atoms with Crippen molar-refractivity contribution in [3.05, 3.63) is 29.6 Å². The van der Waals surface area contributed by atoms with Crippen LogP contribution in [0.2, 0.25) is 0 Å². The van der Waals surface area contributed by atoms with Gasteiger partial charge in [-0.3, -0.25) is 4.98 Å². The van der Waals surface area contributed by atoms with Gasteiger partial charge in [-0.2, -0.15) is 13.2 Å². The predicted molar refractivity (Wildman–Crippen MR) is 52.9 cm³/mol. The van der Waals surface area contributed by atoms with E-state index in [1.807, 2.05) is 0 Å². The number of hydrogen-bond donors (Lipinski definition) is 0. The van der Waals surface area contributed by atoms with Crippen LogP contribution in [0.1, 0.15) is 24.5 Å². The monoisotopic (exact) mass is 237 g/mol. The highest BCUT2D eigenvalue weighted by atomic mass is 35.5. The fourth-order valence-electron chi connectivity index (χ4n) is 1.26. The lowest BCUT2D eigenvalue weighted by molar-refractivity contribution is -0.138. The Morgan fingerprint density at radius 2 is 2.13 bits per heavy atom. The smallest absolute Gasteiger partial charge is 0.264 e. The highest BCUT2D eigenvalue weighted by Crippen LogP contribution is 2.32. The van der Waals surface area contributed by atoms with Crippen LogP contribution in [0, 0.1) is 0 Å². The first-order valence-corrected chi connectivity index (χ1v) is 4.99. The summed E-state index contributed by atoms with van der Waals surface area (Å²) in [5.74, 6) is 0. The Morgan fingerprint density at radius 1 is 1.47 bits per heavy atom. The molecule has 1 atom stereocenters. The predicted octanol–water partition coefficient (Wildman–Crippen LogP) is 3.66. The number of aromatic nitrogens is 1. The zero-order chi connectivity index (χ0) is 11.5. The van der Waals surface area contributed by atoms with E-state index < -0.39 is 11.7 Å². The van der Waals surface area contributed by atoms with Crippen molar-refractivity contribution in [2.24, 2.45) is 0 Å². The lowest BCUT2D eigenvalue weighted by Crippen LogP contribution is -2.10. The van der Waals surface area contributed by atoms with Crippen molar-refractivity contribution < 1.29 is 13.2 Å². The highest BCUT2D eigenvalue weighted by Gasteiger charge is 2.32. The van der Waals surface area contributed by atoms with Gasteiger partial charge in [-0.25, -0.2) is 0 Å². The van der Waals surface area contributed by atoms with E-state index in [2.05, 4.69) is 4.98 Å². The molecule has 1 nitrogen and oxygen atoms in total. The highest BCUT2D eigenvalue weighted by molar-refractivity contribution is 6.20. The Labute approximate surface area is 91.3 Å². The lowest BCUT2D eigenvalue weighted by atomic mass is 10.0. The molecule has 1 unspecified atom stereocenters. The van der Waals surface area contributed by atoms with Gasteiger partial charge in [0.25, 0.3) is 0 Å². The average Bonchev–Trinajstić information content (AvgIpc) is 2.13. The normalized spacial score (nSPS) is 13.9. The Bertz CT molecular complexity index is 323. The van der Waals surface area contributed by atoms with Gasteiger partial charge >= 0.3 is 6.18 Å². The maximum atomic E-state index is 12.5. The van der Waals surface area contributed by atoms with Crippen molar-refractivity contribution in [2.45, 2.75) is 31.3 Å². The van der Waals surface area contributed by atoms with Crippen LogP contribution in [0.5, 0.6) is 0 Å². The molecule has 1 aromatic rings. The van der Waals surface area contributed by atoms with Gasteiger partial charge in [-0.1, -0.05) is 0 Å². The largest absolute Gasteiger partial charge is 0.416 e. The second kappa shape index (κ2) is 4.84. The molecular weight excluding hydrogens is 227 g/mol. The van der Waals surface area contributed by atoms with Gasteiger partial charge in [0.05, 0.1) is 5.56 Å². The van der Waals surface area contributed by atoms with Gasteiger partial charge in [0.1, 0.15) is 0 Å². The molecule has 0 spiro atoms. The van der Waals surface area contributed by atoms with Gasteiger partial charge in [0.2, 0.25) is 0 Å². The molecule has 1 rings (SSSR count). The number of halogens is 4. The van der Waals surface area contributed by atoms with Gasteiger partial charge in [-0.15, -0.1) is 11.6 Å². The van der Waals surface area contributed by atoms with Crippen LogP contribution in [-0.4, -0.2) is 10.4 Å². The molecule has 0 aliphatic rings. The van der Waals surface area contributed by atoms with E-state index in [4.69, 9.17) is 11.6 Å². The standard InChI is InChI=1S/C10H11ClF3N/c1-7(11)2-3-8-6-15-5-4-9(8)10(12,13)14/h4-7H,2-3H2,1H3. The second-order valence-electron chi connectivity index (χ2n) is 3.35. The van der Waals surface area contributed by atoms with E-state index in [1.165, 1.54) is 6.20 Å². The first-order chi connectivity index (χ1) is 6.91. The summed E-state index contributed by atoms with van der Waals surface area (Å²) in [6.45, 7) is 1.76. The fraction of sp³-hybridized carbons (Fsp3) is 0.500. The Kier molecular flexibility index (Phi) is 3.97. The molecule has 0 saturated carbocycles. The summed E-state index contributed by atoms with van der Waals surface area (Å²) in [4.78, 5) is 3.69. The summed E-state index contributed by atoms with van der Waals surface area (Å²) >= 11 is 5.69. The van der Waals surface area contributed by atoms with Crippen LogP contribution in [0.15, 0.2) is 18.5 Å². The molecule has 0 N–H and O–H groups in total. The Balaban J connectivity index is 2.87. The van der Waals surface area contributed by atoms with E-state index in [-0.39, 0.29) is 10.9 Å². The van der Waals surface area contributed by atoms with E-state index in [9.17, 15) is 13.2 Å². The van der Waals surface area contributed by atoms with Gasteiger partial charge in [0.15, 0.2) is 0 Å². The molecular formula is C10H11ClF3N. The minimum atomic E-state index is -4.31. The van der Waals surface area contributed by atoms with Crippen molar-refractivity contribution in [3.8, 4) is 0 Å². The van der Waals surface area contributed by atoms with Crippen LogP contribution in [0.3, 0.4) is 0 Å². The molecule has 1 aromatic heterocycles. The molecule has 0 aromatic carbocycles. The molecule has 15 heavy (non-hydrogen) atoms. The second-order valence-corrected chi connectivity index (χ2v) is 4.10. The third-order valence-corrected chi connectivity index (χ3v) is 2.24. The van der Waals surface area contributed by atoms with E-state index in [1.54, 1.807) is 6.92 Å². The maximum Gasteiger partial charge on any atom is 0.416 e. The van der Waals surface area contributed by atoms with Crippen molar-refractivity contribution in [3.63, 3.8) is 0 Å². The topological polar surface area (TPSA) is 12.9 Å². The molecule has 0 radical (unpaired) electrons. The minimum Gasteiger partial charge on any atom is -0.264 e. The maximum absolute atomic E-state index is 12.5. The summed E-state index contributed by atoms with van der Waals surface area (Å²) in [6, 6.07) is 0.994. The number of pyridine rings is 1. The fourth-order valence-corrected chi connectivity index (χ4v) is 1.37. The summed E-state index contributed by atoms with van der Waals surface area (Å²) in [5, 5.41) is -0.133. The molecule has 0 saturated heterocycles. The third kappa shape index (κ3) is 3.70. The first-order valence-electron chi connectivity index (χ1n) is 4.55. The molecule has 0 aliphatic heterocycles. The van der Waals surface area contributed by atoms with Gasteiger partial charge in [-0.05, 0) is 31.4 Å². The molecule has 0 amide bonds. The van der Waals surface area contributed by atoms with Crippen LogP contribution in [0.25, 0.3) is 0 Å². The summed E-state index contributed by atoms with van der Waals surface area (Å²) < 4.78 is 37.5. The number of aryl methyl sites for hydroxylation is 1. The summed E-state index contributed by atoms with van der Waals surface area (Å²) in [6.07, 6.45) is -1.10. The third-order valence-electron chi connectivity index (χ3n) is 2.02. The van der Waals surface area contributed by atoms with Gasteiger partial charge in [0, 0.05) is 17.8 Å². The van der Waals surface area contributed by atoms with Crippen LogP contribution < -0.4 is 0 Å². The zero-order valence-electron chi connectivity index (χ0n) is 8.18. The van der Waals surface area contributed by atoms with E-state index in [0.29, 0.717) is 12.8 Å². The molecule has 84 valence electrons. The van der Waals surface area contributed by atoms with Crippen LogP contribution in [-0.2, 0) is 12.6 Å². The van der Waals surface area contributed by atoms with E-state index >= 15 is 0 Å². The molecule has 0 fully saturated rings. The number of rotatable bonds is 3. The molecule has 5 heteroatoms. The SMILES string of the molecule is CC(Cl)CCc1cnccc1C(F)(F)F. The average molecular weight is 238 g/mol. The van der Waals surface area contributed by atoms with Crippen molar-refractivity contribution in [1.82, 2.24) is 4.98 Å². The summed E-state index contributed by atoms with van der Waals surface area (Å²) in [7, 11) is 0. The number of alkyl halides is 4. The summed E-state index contributed by atoms with van der Waals surface area (Å²) in [5.41, 5.74) is -0.410. The number of nitrogens with zero attached hydrogens (tertiary/aromatic N) is 1. The van der Waals surface area contributed by atoms with Crippen molar-refractivity contribution in [2.75, 3.05) is 0 Å².